The molecular weight excluding hydrogens is 288 g/mol. The Morgan fingerprint density at radius 3 is 2.74 bits per heavy atom. The molecule has 1 amide bonds. The zero-order valence-electron chi connectivity index (χ0n) is 15.3. The number of rotatable bonds is 8. The van der Waals surface area contributed by atoms with E-state index in [4.69, 9.17) is 0 Å². The number of amides is 1. The van der Waals surface area contributed by atoms with Gasteiger partial charge in [-0.1, -0.05) is 25.5 Å². The maximum Gasteiger partial charge on any atom is 0.224 e. The van der Waals surface area contributed by atoms with E-state index in [9.17, 15) is 9.90 Å². The summed E-state index contributed by atoms with van der Waals surface area (Å²) in [6, 6.07) is 0.363. The van der Waals surface area contributed by atoms with Crippen LogP contribution in [0.5, 0.6) is 0 Å². The number of carbonyl (C=O) groups is 1. The van der Waals surface area contributed by atoms with Crippen LogP contribution in [0, 0.1) is 17.3 Å². The summed E-state index contributed by atoms with van der Waals surface area (Å²) in [5.74, 6) is 0.740. The number of aliphatic hydroxyl groups is 1. The molecule has 0 radical (unpaired) electrons. The Bertz CT molecular complexity index is 441. The van der Waals surface area contributed by atoms with Crippen molar-refractivity contribution in [1.82, 2.24) is 10.2 Å². The average molecular weight is 322 g/mol. The number of carbonyl (C=O) groups excluding carboxylic acids is 1. The van der Waals surface area contributed by atoms with Gasteiger partial charge in [-0.05, 0) is 64.0 Å². The van der Waals surface area contributed by atoms with Crippen molar-refractivity contribution in [3.63, 3.8) is 0 Å². The normalized spacial score (nSPS) is 29.3. The molecule has 1 aliphatic carbocycles. The van der Waals surface area contributed by atoms with Crippen LogP contribution in [0.1, 0.15) is 53.4 Å². The lowest BCUT2D eigenvalue weighted by Gasteiger charge is -2.22. The Balaban J connectivity index is 1.63. The number of unbranched alkanes of at least 4 members (excludes halogenated alkanes) is 1. The van der Waals surface area contributed by atoms with E-state index in [1.54, 1.807) is 0 Å². The minimum absolute atomic E-state index is 0.102. The number of nitrogens with zero attached hydrogens (tertiary/aromatic N) is 1. The van der Waals surface area contributed by atoms with Crippen molar-refractivity contribution < 1.29 is 9.90 Å². The number of likely N-dealkylation sites (tertiary alicyclic amines) is 1. The smallest absolute Gasteiger partial charge is 0.224 e. The van der Waals surface area contributed by atoms with Crippen molar-refractivity contribution in [2.45, 2.75) is 59.4 Å². The van der Waals surface area contributed by atoms with Crippen LogP contribution in [0.2, 0.25) is 0 Å². The SMILES string of the molecule is CC(C)=CC1C(C(=O)NCCCCN2CCCC2CO)C1(C)C. The third kappa shape index (κ3) is 4.57. The quantitative estimate of drug-likeness (QED) is 0.533. The summed E-state index contributed by atoms with van der Waals surface area (Å²) in [6.45, 7) is 11.8. The molecule has 1 aliphatic heterocycles. The van der Waals surface area contributed by atoms with E-state index in [1.807, 2.05) is 0 Å². The molecule has 1 saturated carbocycles. The Hall–Kier alpha value is -0.870. The molecule has 23 heavy (non-hydrogen) atoms. The summed E-state index contributed by atoms with van der Waals surface area (Å²) >= 11 is 0. The molecule has 1 heterocycles. The second-order valence-electron chi connectivity index (χ2n) is 8.08. The highest BCUT2D eigenvalue weighted by molar-refractivity contribution is 5.83. The molecule has 3 unspecified atom stereocenters. The van der Waals surface area contributed by atoms with Crippen LogP contribution in [0.15, 0.2) is 11.6 Å². The molecule has 0 spiro atoms. The lowest BCUT2D eigenvalue weighted by Crippen LogP contribution is -2.33. The van der Waals surface area contributed by atoms with Crippen LogP contribution in [0.25, 0.3) is 0 Å². The fraction of sp³-hybridized carbons (Fsp3) is 0.842. The minimum atomic E-state index is 0.102. The summed E-state index contributed by atoms with van der Waals surface area (Å²) in [4.78, 5) is 14.7. The van der Waals surface area contributed by atoms with Gasteiger partial charge in [0.2, 0.25) is 5.91 Å². The van der Waals surface area contributed by atoms with Crippen molar-refractivity contribution in [3.05, 3.63) is 11.6 Å². The van der Waals surface area contributed by atoms with E-state index in [1.165, 1.54) is 12.0 Å². The standard InChI is InChI=1S/C19H34N2O2/c1-14(2)12-16-17(19(16,3)4)18(23)20-9-5-6-10-21-11-7-8-15(21)13-22/h12,15-17,22H,5-11,13H2,1-4H3,(H,20,23). The molecule has 3 atom stereocenters. The highest BCUT2D eigenvalue weighted by Crippen LogP contribution is 2.59. The number of hydrogen-bond acceptors (Lipinski definition) is 3. The molecule has 2 rings (SSSR count). The highest BCUT2D eigenvalue weighted by Gasteiger charge is 2.60. The Labute approximate surface area is 141 Å². The van der Waals surface area contributed by atoms with Gasteiger partial charge in [-0.2, -0.15) is 0 Å². The van der Waals surface area contributed by atoms with E-state index in [0.29, 0.717) is 12.0 Å². The van der Waals surface area contributed by atoms with Gasteiger partial charge in [0.1, 0.15) is 0 Å². The summed E-state index contributed by atoms with van der Waals surface area (Å²) in [6.07, 6.45) is 6.66. The average Bonchev–Trinajstić information content (AvgIpc) is 2.85. The third-order valence-corrected chi connectivity index (χ3v) is 5.59. The fourth-order valence-electron chi connectivity index (χ4n) is 4.01. The summed E-state index contributed by atoms with van der Waals surface area (Å²) in [5, 5.41) is 12.4. The third-order valence-electron chi connectivity index (χ3n) is 5.59. The second kappa shape index (κ2) is 7.80. The Morgan fingerprint density at radius 2 is 2.09 bits per heavy atom. The number of hydrogen-bond donors (Lipinski definition) is 2. The van der Waals surface area contributed by atoms with Gasteiger partial charge in [0, 0.05) is 12.6 Å². The summed E-state index contributed by atoms with van der Waals surface area (Å²) in [7, 11) is 0. The van der Waals surface area contributed by atoms with E-state index < -0.39 is 0 Å². The topological polar surface area (TPSA) is 52.6 Å². The first-order chi connectivity index (χ1) is 10.9. The lowest BCUT2D eigenvalue weighted by molar-refractivity contribution is -0.123. The highest BCUT2D eigenvalue weighted by atomic mass is 16.3. The van der Waals surface area contributed by atoms with Gasteiger partial charge < -0.3 is 10.4 Å². The van der Waals surface area contributed by atoms with E-state index in [0.717, 1.165) is 38.9 Å². The zero-order chi connectivity index (χ0) is 17.0. The van der Waals surface area contributed by atoms with Gasteiger partial charge in [0.25, 0.3) is 0 Å². The van der Waals surface area contributed by atoms with Crippen molar-refractivity contribution in [1.29, 1.82) is 0 Å². The van der Waals surface area contributed by atoms with Gasteiger partial charge in [0.05, 0.1) is 12.5 Å². The van der Waals surface area contributed by atoms with Crippen molar-refractivity contribution >= 4 is 5.91 Å². The fourth-order valence-corrected chi connectivity index (χ4v) is 4.01. The van der Waals surface area contributed by atoms with Crippen molar-refractivity contribution in [2.24, 2.45) is 17.3 Å². The minimum Gasteiger partial charge on any atom is -0.395 e. The molecule has 2 aliphatic rings. The van der Waals surface area contributed by atoms with Gasteiger partial charge in [-0.3, -0.25) is 9.69 Å². The van der Waals surface area contributed by atoms with Crippen LogP contribution in [-0.2, 0) is 4.79 Å². The van der Waals surface area contributed by atoms with Gasteiger partial charge in [-0.25, -0.2) is 0 Å². The maximum absolute atomic E-state index is 12.3. The first-order valence-corrected chi connectivity index (χ1v) is 9.15. The lowest BCUT2D eigenvalue weighted by atomic mass is 10.1. The van der Waals surface area contributed by atoms with Gasteiger partial charge in [-0.15, -0.1) is 0 Å². The molecule has 0 aromatic rings. The molecule has 2 fully saturated rings. The molecule has 132 valence electrons. The molecule has 4 heteroatoms. The zero-order valence-corrected chi connectivity index (χ0v) is 15.3. The maximum atomic E-state index is 12.3. The predicted molar refractivity (Wildman–Crippen MR) is 94.1 cm³/mol. The van der Waals surface area contributed by atoms with Crippen molar-refractivity contribution in [2.75, 3.05) is 26.2 Å². The number of allylic oxidation sites excluding steroid dienone is 2. The van der Waals surface area contributed by atoms with E-state index in [2.05, 4.69) is 44.0 Å². The predicted octanol–water partition coefficient (Wildman–Crippen LogP) is 2.58. The van der Waals surface area contributed by atoms with Crippen LogP contribution in [-0.4, -0.2) is 48.2 Å². The van der Waals surface area contributed by atoms with Crippen molar-refractivity contribution in [3.8, 4) is 0 Å². The first-order valence-electron chi connectivity index (χ1n) is 9.15. The summed E-state index contributed by atoms with van der Waals surface area (Å²) in [5.41, 5.74) is 1.40. The monoisotopic (exact) mass is 322 g/mol. The molecule has 0 aromatic carbocycles. The molecular formula is C19H34N2O2. The van der Waals surface area contributed by atoms with Crippen LogP contribution in [0.4, 0.5) is 0 Å². The van der Waals surface area contributed by atoms with Crippen LogP contribution < -0.4 is 5.32 Å². The van der Waals surface area contributed by atoms with E-state index >= 15 is 0 Å². The largest absolute Gasteiger partial charge is 0.395 e. The number of aliphatic hydroxyl groups excluding tert-OH is 1. The molecule has 0 bridgehead atoms. The second-order valence-corrected chi connectivity index (χ2v) is 8.08. The molecule has 1 saturated heterocycles. The van der Waals surface area contributed by atoms with Gasteiger partial charge in [0.15, 0.2) is 0 Å². The molecule has 0 aromatic heterocycles. The van der Waals surface area contributed by atoms with Crippen LogP contribution in [0.3, 0.4) is 0 Å². The Kier molecular flexibility index (Phi) is 6.26. The summed E-state index contributed by atoms with van der Waals surface area (Å²) < 4.78 is 0. The van der Waals surface area contributed by atoms with E-state index in [-0.39, 0.29) is 23.8 Å². The Morgan fingerprint density at radius 1 is 1.35 bits per heavy atom. The first kappa shape index (κ1) is 18.5. The van der Waals surface area contributed by atoms with Gasteiger partial charge >= 0.3 is 0 Å². The number of nitrogens with one attached hydrogen (secondary N) is 1. The molecule has 4 nitrogen and oxygen atoms in total. The van der Waals surface area contributed by atoms with Crippen LogP contribution >= 0.6 is 0 Å². The molecule has 2 N–H and O–H groups in total.